The van der Waals surface area contributed by atoms with Crippen molar-refractivity contribution in [3.8, 4) is 11.1 Å². The zero-order valence-corrected chi connectivity index (χ0v) is 17.6. The molecule has 0 spiro atoms. The number of anilines is 1. The number of carbonyl (C=O) groups excluding carboxylic acids is 1. The van der Waals surface area contributed by atoms with Crippen molar-refractivity contribution in [1.29, 1.82) is 0 Å². The Hall–Kier alpha value is -3.38. The molecule has 1 aliphatic heterocycles. The van der Waals surface area contributed by atoms with Crippen molar-refractivity contribution in [1.82, 2.24) is 9.88 Å². The summed E-state index contributed by atoms with van der Waals surface area (Å²) < 4.78 is 5.97. The second kappa shape index (κ2) is 8.78. The number of nitrogens with two attached hydrogens (primary N) is 1. The molecule has 0 radical (unpaired) electrons. The highest BCUT2D eigenvalue weighted by molar-refractivity contribution is 5.70. The number of pyridine rings is 1. The number of benzene rings is 2. The van der Waals surface area contributed by atoms with E-state index in [1.165, 1.54) is 0 Å². The maximum atomic E-state index is 13.0. The summed E-state index contributed by atoms with van der Waals surface area (Å²) in [5.74, 6) is 0.491. The molecule has 0 aliphatic carbocycles. The first-order valence-electron chi connectivity index (χ1n) is 10.5. The smallest absolute Gasteiger partial charge is 0.411 e. The topological polar surface area (TPSA) is 88.7 Å². The highest BCUT2D eigenvalue weighted by atomic mass is 16.6. The molecular weight excluding hydrogens is 390 g/mol. The molecule has 160 valence electrons. The SMILES string of the molecule is C[C@@H](c1ccc(-c2ccc(N)nc2)cc1)N1CC[C@](CCO)(c2ccccc2)OC1=O. The molecule has 0 saturated carbocycles. The Morgan fingerprint density at radius 3 is 2.42 bits per heavy atom. The molecule has 1 aromatic heterocycles. The standard InChI is InChI=1S/C25H27N3O3/c1-18(19-7-9-20(10-8-19)21-11-12-23(26)27-17-21)28-15-13-25(14-16-29,31-24(28)30)22-5-3-2-4-6-22/h2-12,17-18,29H,13-16H2,1H3,(H2,26,27)/t18-,25-/m0/s1. The van der Waals surface area contributed by atoms with E-state index in [1.54, 1.807) is 17.2 Å². The van der Waals surface area contributed by atoms with Crippen LogP contribution in [0.15, 0.2) is 72.9 Å². The molecule has 1 aliphatic rings. The summed E-state index contributed by atoms with van der Waals surface area (Å²) in [6.07, 6.45) is 2.40. The van der Waals surface area contributed by atoms with Crippen LogP contribution in [0.25, 0.3) is 11.1 Å². The summed E-state index contributed by atoms with van der Waals surface area (Å²) in [5, 5.41) is 9.60. The van der Waals surface area contributed by atoms with E-state index in [-0.39, 0.29) is 18.7 Å². The summed E-state index contributed by atoms with van der Waals surface area (Å²) in [5.41, 5.74) is 8.86. The van der Waals surface area contributed by atoms with Crippen LogP contribution in [0.3, 0.4) is 0 Å². The number of aliphatic hydroxyl groups excluding tert-OH is 1. The normalized spacial score (nSPS) is 19.7. The Kier molecular flexibility index (Phi) is 5.91. The molecule has 0 unspecified atom stereocenters. The molecule has 0 bridgehead atoms. The van der Waals surface area contributed by atoms with Crippen LogP contribution in [-0.2, 0) is 10.3 Å². The summed E-state index contributed by atoms with van der Waals surface area (Å²) in [4.78, 5) is 18.9. The van der Waals surface area contributed by atoms with Crippen LogP contribution in [0.5, 0.6) is 0 Å². The van der Waals surface area contributed by atoms with Gasteiger partial charge < -0.3 is 20.5 Å². The van der Waals surface area contributed by atoms with Crippen molar-refractivity contribution in [3.05, 3.63) is 84.1 Å². The molecule has 31 heavy (non-hydrogen) atoms. The lowest BCUT2D eigenvalue weighted by Gasteiger charge is -2.43. The Bertz CT molecular complexity index is 1020. The summed E-state index contributed by atoms with van der Waals surface area (Å²) in [6.45, 7) is 2.51. The molecule has 3 N–H and O–H groups in total. The average Bonchev–Trinajstić information content (AvgIpc) is 2.80. The van der Waals surface area contributed by atoms with Gasteiger partial charge in [0.25, 0.3) is 0 Å². The Balaban J connectivity index is 1.50. The van der Waals surface area contributed by atoms with Crippen molar-refractivity contribution in [2.45, 2.75) is 31.4 Å². The van der Waals surface area contributed by atoms with Gasteiger partial charge in [0.1, 0.15) is 11.4 Å². The summed E-state index contributed by atoms with van der Waals surface area (Å²) >= 11 is 0. The number of ether oxygens (including phenoxy) is 1. The van der Waals surface area contributed by atoms with E-state index in [9.17, 15) is 9.90 Å². The van der Waals surface area contributed by atoms with Gasteiger partial charge in [-0.2, -0.15) is 0 Å². The van der Waals surface area contributed by atoms with Gasteiger partial charge in [-0.1, -0.05) is 54.6 Å². The molecule has 2 heterocycles. The van der Waals surface area contributed by atoms with Crippen molar-refractivity contribution >= 4 is 11.9 Å². The van der Waals surface area contributed by atoms with Crippen LogP contribution in [0.1, 0.15) is 36.9 Å². The van der Waals surface area contributed by atoms with Crippen molar-refractivity contribution in [3.63, 3.8) is 0 Å². The third-order valence-corrected chi connectivity index (χ3v) is 6.07. The number of aliphatic hydroxyl groups is 1. The molecule has 1 amide bonds. The van der Waals surface area contributed by atoms with E-state index in [4.69, 9.17) is 10.5 Å². The molecule has 6 nitrogen and oxygen atoms in total. The van der Waals surface area contributed by atoms with E-state index in [2.05, 4.69) is 4.98 Å². The van der Waals surface area contributed by atoms with Crippen LogP contribution >= 0.6 is 0 Å². The van der Waals surface area contributed by atoms with E-state index in [1.807, 2.05) is 67.6 Å². The second-order valence-corrected chi connectivity index (χ2v) is 7.92. The molecule has 1 saturated heterocycles. The van der Waals surface area contributed by atoms with Gasteiger partial charge in [0.15, 0.2) is 0 Å². The van der Waals surface area contributed by atoms with E-state index in [0.29, 0.717) is 25.2 Å². The van der Waals surface area contributed by atoms with Gasteiger partial charge in [0.05, 0.1) is 6.04 Å². The van der Waals surface area contributed by atoms with Crippen LogP contribution in [0.2, 0.25) is 0 Å². The van der Waals surface area contributed by atoms with Crippen molar-refractivity contribution < 1.29 is 14.6 Å². The third-order valence-electron chi connectivity index (χ3n) is 6.07. The first-order chi connectivity index (χ1) is 15.0. The zero-order valence-electron chi connectivity index (χ0n) is 17.6. The number of amides is 1. The number of carbonyl (C=O) groups is 1. The second-order valence-electron chi connectivity index (χ2n) is 7.92. The summed E-state index contributed by atoms with van der Waals surface area (Å²) in [7, 11) is 0. The highest BCUT2D eigenvalue weighted by Crippen LogP contribution is 2.39. The van der Waals surface area contributed by atoms with Gasteiger partial charge in [0, 0.05) is 37.8 Å². The molecule has 6 heteroatoms. The van der Waals surface area contributed by atoms with Crippen LogP contribution < -0.4 is 5.73 Å². The molecule has 3 aromatic rings. The molecule has 4 rings (SSSR count). The minimum atomic E-state index is -0.782. The van der Waals surface area contributed by atoms with Crippen molar-refractivity contribution in [2.75, 3.05) is 18.9 Å². The number of hydrogen-bond donors (Lipinski definition) is 2. The van der Waals surface area contributed by atoms with Crippen LogP contribution in [0.4, 0.5) is 10.6 Å². The fourth-order valence-corrected chi connectivity index (χ4v) is 4.18. The monoisotopic (exact) mass is 417 g/mol. The Labute approximate surface area is 182 Å². The van der Waals surface area contributed by atoms with Gasteiger partial charge in [0.2, 0.25) is 0 Å². The van der Waals surface area contributed by atoms with Gasteiger partial charge in [-0.3, -0.25) is 0 Å². The highest BCUT2D eigenvalue weighted by Gasteiger charge is 2.43. The first kappa shape index (κ1) is 20.9. The van der Waals surface area contributed by atoms with Crippen molar-refractivity contribution in [2.24, 2.45) is 0 Å². The van der Waals surface area contributed by atoms with Gasteiger partial charge in [-0.25, -0.2) is 9.78 Å². The minimum Gasteiger partial charge on any atom is -0.438 e. The Morgan fingerprint density at radius 2 is 1.81 bits per heavy atom. The van der Waals surface area contributed by atoms with Crippen LogP contribution in [-0.4, -0.2) is 34.2 Å². The van der Waals surface area contributed by atoms with Gasteiger partial charge in [-0.05, 0) is 35.7 Å². The van der Waals surface area contributed by atoms with E-state index >= 15 is 0 Å². The fraction of sp³-hybridized carbons (Fsp3) is 0.280. The number of nitrogens with zero attached hydrogens (tertiary/aromatic N) is 2. The maximum Gasteiger partial charge on any atom is 0.411 e. The minimum absolute atomic E-state index is 0.0425. The van der Waals surface area contributed by atoms with Gasteiger partial charge >= 0.3 is 6.09 Å². The largest absolute Gasteiger partial charge is 0.438 e. The maximum absolute atomic E-state index is 13.0. The number of aromatic nitrogens is 1. The quantitative estimate of drug-likeness (QED) is 0.616. The van der Waals surface area contributed by atoms with Crippen LogP contribution in [0, 0.1) is 0 Å². The van der Waals surface area contributed by atoms with E-state index in [0.717, 1.165) is 22.3 Å². The lowest BCUT2D eigenvalue weighted by Crippen LogP contribution is -2.49. The number of cyclic esters (lactones) is 1. The lowest BCUT2D eigenvalue weighted by molar-refractivity contribution is -0.0718. The average molecular weight is 418 g/mol. The van der Waals surface area contributed by atoms with E-state index < -0.39 is 5.60 Å². The molecule has 1 fully saturated rings. The number of hydrogen-bond acceptors (Lipinski definition) is 5. The van der Waals surface area contributed by atoms with Gasteiger partial charge in [-0.15, -0.1) is 0 Å². The Morgan fingerprint density at radius 1 is 1.10 bits per heavy atom. The molecule has 2 atom stereocenters. The molecular formula is C25H27N3O3. The first-order valence-corrected chi connectivity index (χ1v) is 10.5. The predicted molar refractivity (Wildman–Crippen MR) is 120 cm³/mol. The fourth-order valence-electron chi connectivity index (χ4n) is 4.18. The predicted octanol–water partition coefficient (Wildman–Crippen LogP) is 4.51. The number of nitrogen functional groups attached to an aromatic ring is 1. The molecule has 2 aromatic carbocycles. The third kappa shape index (κ3) is 4.25. The number of rotatable bonds is 6. The lowest BCUT2D eigenvalue weighted by atomic mass is 9.85. The zero-order chi connectivity index (χ0) is 21.8. The summed E-state index contributed by atoms with van der Waals surface area (Å²) in [6, 6.07) is 21.4.